The molecule has 19 heavy (non-hydrogen) atoms. The lowest BCUT2D eigenvalue weighted by atomic mass is 10.0. The lowest BCUT2D eigenvalue weighted by Crippen LogP contribution is -2.46. The van der Waals surface area contributed by atoms with E-state index in [4.69, 9.17) is 4.74 Å². The van der Waals surface area contributed by atoms with Crippen molar-refractivity contribution in [2.75, 3.05) is 13.7 Å². The molecule has 0 N–H and O–H groups in total. The van der Waals surface area contributed by atoms with E-state index in [1.807, 2.05) is 26.0 Å². The molecule has 1 aromatic carbocycles. The largest absolute Gasteiger partial charge is 0.381 e. The van der Waals surface area contributed by atoms with E-state index in [2.05, 4.69) is 0 Å². The van der Waals surface area contributed by atoms with Crippen molar-refractivity contribution >= 4 is 10.0 Å². The van der Waals surface area contributed by atoms with Gasteiger partial charge in [-0.15, -0.1) is 0 Å². The number of hydrogen-bond acceptors (Lipinski definition) is 3. The van der Waals surface area contributed by atoms with Crippen LogP contribution in [0.2, 0.25) is 0 Å². The maximum absolute atomic E-state index is 12.7. The molecule has 0 amide bonds. The van der Waals surface area contributed by atoms with Gasteiger partial charge >= 0.3 is 0 Å². The van der Waals surface area contributed by atoms with Crippen molar-refractivity contribution in [2.24, 2.45) is 0 Å². The van der Waals surface area contributed by atoms with Crippen LogP contribution in [0.1, 0.15) is 25.3 Å². The van der Waals surface area contributed by atoms with E-state index in [0.29, 0.717) is 11.4 Å². The number of aryl methyl sites for hydroxylation is 1. The van der Waals surface area contributed by atoms with Crippen LogP contribution in [-0.2, 0) is 14.8 Å². The second-order valence-corrected chi connectivity index (χ2v) is 6.97. The Labute approximate surface area is 115 Å². The van der Waals surface area contributed by atoms with E-state index in [9.17, 15) is 8.42 Å². The third-order valence-corrected chi connectivity index (χ3v) is 5.95. The summed E-state index contributed by atoms with van der Waals surface area (Å²) in [5.41, 5.74) is 0.795. The highest BCUT2D eigenvalue weighted by atomic mass is 32.2. The number of benzene rings is 1. The number of hydrogen-bond donors (Lipinski definition) is 0. The van der Waals surface area contributed by atoms with Crippen molar-refractivity contribution in [3.8, 4) is 0 Å². The molecule has 1 saturated heterocycles. The van der Waals surface area contributed by atoms with Crippen LogP contribution in [0.3, 0.4) is 0 Å². The Bertz CT molecular complexity index is 541. The second kappa shape index (κ2) is 5.61. The van der Waals surface area contributed by atoms with Gasteiger partial charge in [-0.1, -0.05) is 18.2 Å². The number of ether oxygens (including phenoxy) is 1. The molecule has 0 spiro atoms. The van der Waals surface area contributed by atoms with E-state index in [-0.39, 0.29) is 12.1 Å². The summed E-state index contributed by atoms with van der Waals surface area (Å²) in [6, 6.07) is 7.11. The van der Waals surface area contributed by atoms with Gasteiger partial charge in [-0.2, -0.15) is 4.31 Å². The van der Waals surface area contributed by atoms with Crippen LogP contribution in [0.5, 0.6) is 0 Å². The summed E-state index contributed by atoms with van der Waals surface area (Å²) in [6.45, 7) is 4.30. The molecule has 2 unspecified atom stereocenters. The van der Waals surface area contributed by atoms with Gasteiger partial charge in [0, 0.05) is 19.7 Å². The van der Waals surface area contributed by atoms with Crippen LogP contribution in [-0.4, -0.2) is 38.5 Å². The number of rotatable bonds is 3. The molecule has 1 aromatic rings. The topological polar surface area (TPSA) is 46.6 Å². The summed E-state index contributed by atoms with van der Waals surface area (Å²) in [6.07, 6.45) is 1.67. The van der Waals surface area contributed by atoms with Gasteiger partial charge in [0.05, 0.1) is 11.0 Å². The molecule has 4 nitrogen and oxygen atoms in total. The van der Waals surface area contributed by atoms with Crippen LogP contribution in [0.25, 0.3) is 0 Å². The van der Waals surface area contributed by atoms with Gasteiger partial charge in [0.1, 0.15) is 0 Å². The molecular weight excluding hydrogens is 262 g/mol. The lowest BCUT2D eigenvalue weighted by molar-refractivity contribution is 0.0422. The zero-order chi connectivity index (χ0) is 14.0. The number of methoxy groups -OCH3 is 1. The first-order chi connectivity index (χ1) is 8.96. The maximum atomic E-state index is 12.7. The Balaban J connectivity index is 2.29. The van der Waals surface area contributed by atoms with E-state index in [1.165, 1.54) is 0 Å². The molecule has 0 bridgehead atoms. The summed E-state index contributed by atoms with van der Waals surface area (Å²) in [5, 5.41) is 0. The molecule has 1 aliphatic heterocycles. The summed E-state index contributed by atoms with van der Waals surface area (Å²) in [7, 11) is -1.71. The molecule has 2 rings (SSSR count). The van der Waals surface area contributed by atoms with Gasteiger partial charge in [-0.05, 0) is 38.3 Å². The van der Waals surface area contributed by atoms with Crippen LogP contribution in [0, 0.1) is 6.92 Å². The molecule has 1 aliphatic rings. The van der Waals surface area contributed by atoms with Gasteiger partial charge in [0.2, 0.25) is 10.0 Å². The molecule has 1 fully saturated rings. The minimum absolute atomic E-state index is 0.0247. The Morgan fingerprint density at radius 3 is 2.58 bits per heavy atom. The van der Waals surface area contributed by atoms with Crippen molar-refractivity contribution < 1.29 is 13.2 Å². The molecule has 5 heteroatoms. The molecule has 0 radical (unpaired) electrons. The van der Waals surface area contributed by atoms with Gasteiger partial charge in [-0.25, -0.2) is 8.42 Å². The number of piperidine rings is 1. The minimum atomic E-state index is -3.40. The number of nitrogens with zero attached hydrogens (tertiary/aromatic N) is 1. The highest BCUT2D eigenvalue weighted by Gasteiger charge is 2.34. The van der Waals surface area contributed by atoms with Crippen LogP contribution in [0.15, 0.2) is 29.2 Å². The zero-order valence-electron chi connectivity index (χ0n) is 11.7. The average molecular weight is 283 g/mol. The first kappa shape index (κ1) is 14.5. The third kappa shape index (κ3) is 2.83. The highest BCUT2D eigenvalue weighted by molar-refractivity contribution is 7.89. The molecular formula is C14H21NO3S. The van der Waals surface area contributed by atoms with Crippen molar-refractivity contribution in [1.82, 2.24) is 4.31 Å². The normalized spacial score (nSPS) is 25.4. The van der Waals surface area contributed by atoms with Crippen molar-refractivity contribution in [3.05, 3.63) is 29.8 Å². The Morgan fingerprint density at radius 2 is 2.00 bits per heavy atom. The molecule has 0 aliphatic carbocycles. The molecule has 106 valence electrons. The summed E-state index contributed by atoms with van der Waals surface area (Å²) < 4.78 is 32.3. The summed E-state index contributed by atoms with van der Waals surface area (Å²) in [5.74, 6) is 0. The standard InChI is InChI=1S/C14H21NO3S/c1-11-6-4-5-7-14(11)19(16,17)15-9-8-13(18-3)10-12(15)2/h4-7,12-13H,8-10H2,1-3H3. The zero-order valence-corrected chi connectivity index (χ0v) is 12.5. The van der Waals surface area contributed by atoms with Crippen molar-refractivity contribution in [2.45, 2.75) is 43.7 Å². The summed E-state index contributed by atoms with van der Waals surface area (Å²) in [4.78, 5) is 0.415. The fourth-order valence-electron chi connectivity index (χ4n) is 2.65. The third-order valence-electron chi connectivity index (χ3n) is 3.78. The highest BCUT2D eigenvalue weighted by Crippen LogP contribution is 2.27. The lowest BCUT2D eigenvalue weighted by Gasteiger charge is -2.36. The van der Waals surface area contributed by atoms with Gasteiger partial charge in [-0.3, -0.25) is 0 Å². The predicted octanol–water partition coefficient (Wildman–Crippen LogP) is 2.18. The molecule has 1 heterocycles. The average Bonchev–Trinajstić information content (AvgIpc) is 2.38. The molecule has 2 atom stereocenters. The fourth-order valence-corrected chi connectivity index (χ4v) is 4.53. The monoisotopic (exact) mass is 283 g/mol. The first-order valence-electron chi connectivity index (χ1n) is 6.57. The predicted molar refractivity (Wildman–Crippen MR) is 74.6 cm³/mol. The van der Waals surface area contributed by atoms with Crippen molar-refractivity contribution in [1.29, 1.82) is 0 Å². The van der Waals surface area contributed by atoms with E-state index < -0.39 is 10.0 Å². The number of sulfonamides is 1. The summed E-state index contributed by atoms with van der Waals surface area (Å²) >= 11 is 0. The second-order valence-electron chi connectivity index (χ2n) is 5.11. The van der Waals surface area contributed by atoms with Gasteiger partial charge < -0.3 is 4.74 Å². The van der Waals surface area contributed by atoms with Crippen LogP contribution >= 0.6 is 0 Å². The smallest absolute Gasteiger partial charge is 0.243 e. The van der Waals surface area contributed by atoms with Gasteiger partial charge in [0.15, 0.2) is 0 Å². The molecule has 0 saturated carbocycles. The van der Waals surface area contributed by atoms with E-state index in [0.717, 1.165) is 18.4 Å². The maximum Gasteiger partial charge on any atom is 0.243 e. The van der Waals surface area contributed by atoms with Gasteiger partial charge in [0.25, 0.3) is 0 Å². The quantitative estimate of drug-likeness (QED) is 0.854. The van der Waals surface area contributed by atoms with Crippen LogP contribution in [0.4, 0.5) is 0 Å². The Hall–Kier alpha value is -0.910. The minimum Gasteiger partial charge on any atom is -0.381 e. The SMILES string of the molecule is COC1CCN(S(=O)(=O)c2ccccc2C)C(C)C1. The first-order valence-corrected chi connectivity index (χ1v) is 8.01. The van der Waals surface area contributed by atoms with Crippen LogP contribution < -0.4 is 0 Å². The van der Waals surface area contributed by atoms with Crippen molar-refractivity contribution in [3.63, 3.8) is 0 Å². The Morgan fingerprint density at radius 1 is 1.32 bits per heavy atom. The molecule has 0 aromatic heterocycles. The van der Waals surface area contributed by atoms with E-state index >= 15 is 0 Å². The van der Waals surface area contributed by atoms with E-state index in [1.54, 1.807) is 23.5 Å². The fraction of sp³-hybridized carbons (Fsp3) is 0.571. The Kier molecular flexibility index (Phi) is 4.28.